The minimum atomic E-state index is -0.285. The highest BCUT2D eigenvalue weighted by atomic mass is 15.2. The minimum absolute atomic E-state index is 0.0378. The van der Waals surface area contributed by atoms with Gasteiger partial charge in [0.05, 0.1) is 17.1 Å². The Hall–Kier alpha value is -13.0. The Morgan fingerprint density at radius 2 is 0.734 bits per heavy atom. The van der Waals surface area contributed by atoms with E-state index >= 15 is 0 Å². The Morgan fingerprint density at radius 1 is 0.323 bits per heavy atom. The van der Waals surface area contributed by atoms with Crippen LogP contribution in [0.4, 0.5) is 51.2 Å². The zero-order chi connectivity index (χ0) is 83.3. The van der Waals surface area contributed by atoms with Gasteiger partial charge in [-0.2, -0.15) is 0 Å². The predicted octanol–water partition coefficient (Wildman–Crippen LogP) is 31.4. The molecule has 0 N–H and O–H groups in total. The standard InChI is InChI=1S/C120H106BN3/c1-119(2,3)97-66-92-52-53-93-67-98(120(4,5)6)76-107-102(73-96(68-97)114(92)115(93)107)91-58-64-108-111(75-91)124(118-105(88-48-30-14-31-49-88)71-95(83-42-24-11-25-43-83)72-106(118)89-50-32-15-33-51-89)113-78-101(122(99-60-54-84(55-61-99)79-34-16-7-17-35-79)100-62-56-85(57-63-100)80-36-18-8-19-37-80)77-112-116(113)121(108)109-74-90(81-38-20-9-21-39-81)59-65-110(109)123(112)117-103(86-44-26-12-27-45-86)69-94(82-40-22-10-23-41-82)70-104(117)87-46-28-13-29-47-87/h7-9,12-21,26-39,44-66,68-78,82-83,93,114-115H,10-11,22-25,40-43,67H2,1-6H3. The van der Waals surface area contributed by atoms with E-state index in [1.165, 1.54) is 226 Å². The van der Waals surface area contributed by atoms with E-state index < -0.39 is 0 Å². The first kappa shape index (κ1) is 77.1. The number of rotatable bonds is 15. The summed E-state index contributed by atoms with van der Waals surface area (Å²) < 4.78 is 0. The second-order valence-electron chi connectivity index (χ2n) is 38.3. The van der Waals surface area contributed by atoms with Crippen molar-refractivity contribution >= 4 is 79.9 Å². The van der Waals surface area contributed by atoms with Crippen LogP contribution in [0.2, 0.25) is 0 Å². The molecule has 2 heterocycles. The van der Waals surface area contributed by atoms with Gasteiger partial charge in [-0.05, 0) is 250 Å². The Balaban J connectivity index is 0.917. The Labute approximate surface area is 734 Å². The topological polar surface area (TPSA) is 9.72 Å². The monoisotopic (exact) mass is 1600 g/mol. The zero-order valence-electron chi connectivity index (χ0n) is 72.3. The number of hydrogen-bond acceptors (Lipinski definition) is 3. The number of anilines is 9. The van der Waals surface area contributed by atoms with Gasteiger partial charge >= 0.3 is 0 Å². The molecular formula is C120H106BN3. The minimum Gasteiger partial charge on any atom is -0.310 e. The molecule has 3 unspecified atom stereocenters. The molecule has 2 saturated carbocycles. The van der Waals surface area contributed by atoms with Gasteiger partial charge in [-0.25, -0.2) is 0 Å². The molecule has 0 amide bonds. The first-order valence-electron chi connectivity index (χ1n) is 45.9. The summed E-state index contributed by atoms with van der Waals surface area (Å²) in [6, 6.07) is 129. The third-order valence-electron chi connectivity index (χ3n) is 28.7. The van der Waals surface area contributed by atoms with Crippen LogP contribution in [-0.2, 0) is 0 Å². The van der Waals surface area contributed by atoms with Crippen LogP contribution in [0, 0.1) is 28.6 Å². The summed E-state index contributed by atoms with van der Waals surface area (Å²) in [4.78, 5) is 8.21. The maximum absolute atomic E-state index is 2.85. The van der Waals surface area contributed by atoms with Crippen molar-refractivity contribution in [3.8, 4) is 77.9 Å². The largest absolute Gasteiger partial charge is 0.310 e. The van der Waals surface area contributed by atoms with Gasteiger partial charge in [0.25, 0.3) is 6.71 Å². The van der Waals surface area contributed by atoms with Gasteiger partial charge < -0.3 is 14.7 Å². The molecule has 3 atom stereocenters. The Kier molecular flexibility index (Phi) is 19.7. The van der Waals surface area contributed by atoms with Crippen LogP contribution in [0.15, 0.2) is 398 Å². The molecular weight excluding hydrogens is 1490 g/mol. The molecule has 0 spiro atoms. The normalized spacial score (nSPS) is 17.8. The van der Waals surface area contributed by atoms with E-state index in [0.717, 1.165) is 40.5 Å². The van der Waals surface area contributed by atoms with Crippen molar-refractivity contribution in [1.82, 2.24) is 0 Å². The smallest absolute Gasteiger partial charge is 0.252 e. The van der Waals surface area contributed by atoms with Crippen LogP contribution in [0.1, 0.15) is 141 Å². The summed E-state index contributed by atoms with van der Waals surface area (Å²) in [5.41, 5.74) is 43.2. The second kappa shape index (κ2) is 31.7. The molecule has 22 rings (SSSR count). The van der Waals surface area contributed by atoms with Crippen LogP contribution in [0.3, 0.4) is 0 Å². The molecule has 124 heavy (non-hydrogen) atoms. The first-order chi connectivity index (χ1) is 60.8. The van der Waals surface area contributed by atoms with Gasteiger partial charge in [-0.3, -0.25) is 0 Å². The lowest BCUT2D eigenvalue weighted by molar-refractivity contribution is 0.329. The summed E-state index contributed by atoms with van der Waals surface area (Å²) >= 11 is 0. The lowest BCUT2D eigenvalue weighted by atomic mass is 9.33. The average Bonchev–Trinajstić information content (AvgIpc) is 0.692. The van der Waals surface area contributed by atoms with E-state index in [2.05, 4.69) is 426 Å². The van der Waals surface area contributed by atoms with Crippen molar-refractivity contribution < 1.29 is 0 Å². The van der Waals surface area contributed by atoms with Gasteiger partial charge in [-0.15, -0.1) is 0 Å². The zero-order valence-corrected chi connectivity index (χ0v) is 72.3. The molecule has 8 aliphatic rings. The quantitative estimate of drug-likeness (QED) is 0.0947. The van der Waals surface area contributed by atoms with E-state index in [-0.39, 0.29) is 29.4 Å². The average molecular weight is 1600 g/mol. The van der Waals surface area contributed by atoms with Crippen LogP contribution >= 0.6 is 0 Å². The highest BCUT2D eigenvalue weighted by Crippen LogP contribution is 2.61. The summed E-state index contributed by atoms with van der Waals surface area (Å²) in [5, 5.41) is 0. The molecule has 0 saturated heterocycles. The van der Waals surface area contributed by atoms with Crippen LogP contribution < -0.4 is 31.1 Å². The SMILES string of the molecule is CC(C)(C)C1=CC2=CC(c3ccc4c(c3)N(c3c(-c5ccccc5)cc(C5CCCCC5)cc3-c3ccccc3)c3cc(N(c5ccc(-c6ccccc6)cc5)c5ccc(-c6ccccc6)cc5)cc5c3B4c3cc(-c4ccccc4)ccc3N5c3c(-c4ccccc4)cc(C4CCCCC4)cc3-c3ccccc3)=C3C=C(C(C)(C)C)CC4C=CC(=C1)C2C34. The molecule has 0 radical (unpaired) electrons. The van der Waals surface area contributed by atoms with E-state index in [1.807, 2.05) is 0 Å². The summed E-state index contributed by atoms with van der Waals surface area (Å²) in [6.07, 6.45) is 28.8. The molecule has 0 bridgehead atoms. The number of hydrogen-bond donors (Lipinski definition) is 0. The molecule has 14 aromatic rings. The van der Waals surface area contributed by atoms with Gasteiger partial charge in [0.15, 0.2) is 0 Å². The molecule has 14 aromatic carbocycles. The molecule has 4 heteroatoms. The third kappa shape index (κ3) is 13.9. The number of benzene rings is 14. The molecule has 2 fully saturated rings. The lowest BCUT2D eigenvalue weighted by Gasteiger charge is -2.48. The second-order valence-corrected chi connectivity index (χ2v) is 38.3. The maximum atomic E-state index is 2.85. The highest BCUT2D eigenvalue weighted by molar-refractivity contribution is 7.00. The first-order valence-corrected chi connectivity index (χ1v) is 45.9. The van der Waals surface area contributed by atoms with Gasteiger partial charge in [-0.1, -0.05) is 383 Å². The van der Waals surface area contributed by atoms with Crippen molar-refractivity contribution in [3.63, 3.8) is 0 Å². The van der Waals surface area contributed by atoms with Crippen LogP contribution in [0.25, 0.3) is 83.5 Å². The van der Waals surface area contributed by atoms with Crippen molar-refractivity contribution in [2.45, 2.75) is 124 Å². The number of fused-ring (bicyclic) bond motifs is 4. The van der Waals surface area contributed by atoms with Crippen LogP contribution in [-0.4, -0.2) is 6.71 Å². The fourth-order valence-electron chi connectivity index (χ4n) is 22.4. The van der Waals surface area contributed by atoms with Crippen molar-refractivity contribution in [1.29, 1.82) is 0 Å². The number of allylic oxidation sites excluding steroid dienone is 12. The van der Waals surface area contributed by atoms with Crippen molar-refractivity contribution in [3.05, 3.63) is 415 Å². The van der Waals surface area contributed by atoms with Gasteiger partial charge in [0.1, 0.15) is 0 Å². The maximum Gasteiger partial charge on any atom is 0.252 e. The van der Waals surface area contributed by atoms with E-state index in [4.69, 9.17) is 0 Å². The molecule has 2 aliphatic heterocycles. The van der Waals surface area contributed by atoms with Gasteiger partial charge in [0.2, 0.25) is 0 Å². The fraction of sp³-hybridized carbons (Fsp3) is 0.200. The van der Waals surface area contributed by atoms with Crippen molar-refractivity contribution in [2.75, 3.05) is 14.7 Å². The molecule has 3 nitrogen and oxygen atoms in total. The molecule has 604 valence electrons. The lowest BCUT2D eigenvalue weighted by Crippen LogP contribution is -2.61. The van der Waals surface area contributed by atoms with E-state index in [1.54, 1.807) is 0 Å². The van der Waals surface area contributed by atoms with Gasteiger partial charge in [0, 0.05) is 68.2 Å². The predicted molar refractivity (Wildman–Crippen MR) is 527 cm³/mol. The summed E-state index contributed by atoms with van der Waals surface area (Å²) in [5.74, 6) is 1.73. The molecule has 0 aromatic heterocycles. The summed E-state index contributed by atoms with van der Waals surface area (Å²) in [7, 11) is 0. The number of nitrogens with zero attached hydrogens (tertiary/aromatic N) is 3. The fourth-order valence-corrected chi connectivity index (χ4v) is 22.4. The summed E-state index contributed by atoms with van der Waals surface area (Å²) in [6.45, 7) is 14.2. The van der Waals surface area contributed by atoms with E-state index in [0.29, 0.717) is 17.8 Å². The van der Waals surface area contributed by atoms with Crippen molar-refractivity contribution in [2.24, 2.45) is 28.6 Å². The molecule has 6 aliphatic carbocycles. The van der Waals surface area contributed by atoms with E-state index in [9.17, 15) is 0 Å². The highest BCUT2D eigenvalue weighted by Gasteiger charge is 2.49. The third-order valence-corrected chi connectivity index (χ3v) is 28.7. The van der Waals surface area contributed by atoms with Crippen LogP contribution in [0.5, 0.6) is 0 Å². The Bertz CT molecular complexity index is 6420. The Morgan fingerprint density at radius 3 is 1.18 bits per heavy atom.